The fraction of sp³-hybridized carbons (Fsp3) is 0.900. The van der Waals surface area contributed by atoms with E-state index in [4.69, 9.17) is 0 Å². The summed E-state index contributed by atoms with van der Waals surface area (Å²) in [5.41, 5.74) is 0. The van der Waals surface area contributed by atoms with Gasteiger partial charge in [-0.2, -0.15) is 0 Å². The third-order valence-electron chi connectivity index (χ3n) is 3.14. The summed E-state index contributed by atoms with van der Waals surface area (Å²) >= 11 is 0. The second kappa shape index (κ2) is 4.61. The van der Waals surface area contributed by atoms with Crippen LogP contribution in [0, 0.1) is 5.92 Å². The van der Waals surface area contributed by atoms with Crippen LogP contribution in [0.1, 0.15) is 19.3 Å². The zero-order valence-electron chi connectivity index (χ0n) is 8.72. The lowest BCUT2D eigenvalue weighted by Gasteiger charge is -2.26. The van der Waals surface area contributed by atoms with Gasteiger partial charge in [0.25, 0.3) is 0 Å². The van der Waals surface area contributed by atoms with Crippen LogP contribution in [0.2, 0.25) is 0 Å². The van der Waals surface area contributed by atoms with E-state index in [0.717, 1.165) is 31.6 Å². The van der Waals surface area contributed by atoms with Gasteiger partial charge in [0.05, 0.1) is 0 Å². The maximum absolute atomic E-state index is 11.3. The highest BCUT2D eigenvalue weighted by molar-refractivity contribution is 7.85. The van der Waals surface area contributed by atoms with Crippen LogP contribution in [-0.4, -0.2) is 50.8 Å². The summed E-state index contributed by atoms with van der Waals surface area (Å²) in [5, 5.41) is 9.18. The monoisotopic (exact) mass is 231 g/mol. The smallest absolute Gasteiger partial charge is 0.321 e. The molecule has 1 N–H and O–H groups in total. The lowest BCUT2D eigenvalue weighted by molar-refractivity contribution is -0.144. The summed E-state index contributed by atoms with van der Waals surface area (Å²) < 4.78 is 11.3. The lowest BCUT2D eigenvalue weighted by atomic mass is 10.1. The molecule has 0 spiro atoms. The molecule has 1 saturated carbocycles. The molecular weight excluding hydrogens is 214 g/mol. The molecule has 2 aliphatic rings. The topological polar surface area (TPSA) is 57.6 Å². The summed E-state index contributed by atoms with van der Waals surface area (Å²) in [6.45, 7) is 1.47. The van der Waals surface area contributed by atoms with Gasteiger partial charge >= 0.3 is 5.97 Å². The fourth-order valence-corrected chi connectivity index (χ4v) is 3.30. The van der Waals surface area contributed by atoms with Gasteiger partial charge in [-0.3, -0.25) is 13.9 Å². The first kappa shape index (κ1) is 11.1. The molecular formula is C10H17NO3S. The summed E-state index contributed by atoms with van der Waals surface area (Å²) in [7, 11) is -0.735. The standard InChI is InChI=1S/C10H17NO3S/c12-10(13)9(8-2-3-8)11-4-1-6-15(14)7-5-11/h8-9H,1-7H2,(H,12,13). The Labute approximate surface area is 92.1 Å². The summed E-state index contributed by atoms with van der Waals surface area (Å²) in [6, 6.07) is -0.319. The van der Waals surface area contributed by atoms with E-state index < -0.39 is 16.8 Å². The molecule has 0 amide bonds. The molecule has 5 heteroatoms. The third kappa shape index (κ3) is 2.78. The number of aliphatic carboxylic acids is 1. The van der Waals surface area contributed by atoms with Crippen molar-refractivity contribution < 1.29 is 14.1 Å². The summed E-state index contributed by atoms with van der Waals surface area (Å²) in [5.74, 6) is 1.00. The first-order valence-electron chi connectivity index (χ1n) is 5.50. The molecule has 86 valence electrons. The fourth-order valence-electron chi connectivity index (χ4n) is 2.21. The van der Waals surface area contributed by atoms with E-state index in [-0.39, 0.29) is 6.04 Å². The molecule has 15 heavy (non-hydrogen) atoms. The molecule has 2 fully saturated rings. The molecule has 2 unspecified atom stereocenters. The molecule has 1 saturated heterocycles. The van der Waals surface area contributed by atoms with Crippen LogP contribution in [0.4, 0.5) is 0 Å². The molecule has 1 heterocycles. The van der Waals surface area contributed by atoms with E-state index >= 15 is 0 Å². The van der Waals surface area contributed by atoms with Gasteiger partial charge in [-0.15, -0.1) is 0 Å². The highest BCUT2D eigenvalue weighted by atomic mass is 32.2. The van der Waals surface area contributed by atoms with Crippen molar-refractivity contribution in [3.63, 3.8) is 0 Å². The molecule has 0 bridgehead atoms. The van der Waals surface area contributed by atoms with Gasteiger partial charge in [0.2, 0.25) is 0 Å². The van der Waals surface area contributed by atoms with Crippen LogP contribution in [0.25, 0.3) is 0 Å². The van der Waals surface area contributed by atoms with Crippen LogP contribution in [0.3, 0.4) is 0 Å². The van der Waals surface area contributed by atoms with Crippen LogP contribution < -0.4 is 0 Å². The molecule has 2 rings (SSSR count). The number of carboxylic acids is 1. The number of nitrogens with zero attached hydrogens (tertiary/aromatic N) is 1. The maximum atomic E-state index is 11.3. The van der Waals surface area contributed by atoms with Crippen molar-refractivity contribution in [1.82, 2.24) is 4.90 Å². The molecule has 1 aliphatic carbocycles. The number of carboxylic acid groups (broad SMARTS) is 1. The molecule has 0 aromatic rings. The van der Waals surface area contributed by atoms with Crippen molar-refractivity contribution in [3.05, 3.63) is 0 Å². The number of hydrogen-bond acceptors (Lipinski definition) is 3. The van der Waals surface area contributed by atoms with Crippen molar-refractivity contribution >= 4 is 16.8 Å². The zero-order chi connectivity index (χ0) is 10.8. The van der Waals surface area contributed by atoms with Crippen molar-refractivity contribution in [2.45, 2.75) is 25.3 Å². The second-order valence-corrected chi connectivity index (χ2v) is 6.05. The predicted molar refractivity (Wildman–Crippen MR) is 58.2 cm³/mol. The summed E-state index contributed by atoms with van der Waals surface area (Å²) in [4.78, 5) is 13.2. The number of rotatable bonds is 3. The molecule has 0 radical (unpaired) electrons. The van der Waals surface area contributed by atoms with E-state index in [1.165, 1.54) is 0 Å². The Hall–Kier alpha value is -0.420. The van der Waals surface area contributed by atoms with Crippen molar-refractivity contribution in [3.8, 4) is 0 Å². The molecule has 0 aromatic carbocycles. The van der Waals surface area contributed by atoms with Crippen LogP contribution in [0.15, 0.2) is 0 Å². The number of hydrogen-bond donors (Lipinski definition) is 1. The highest BCUT2D eigenvalue weighted by Gasteiger charge is 2.40. The first-order valence-corrected chi connectivity index (χ1v) is 6.99. The van der Waals surface area contributed by atoms with Gasteiger partial charge in [-0.1, -0.05) is 0 Å². The highest BCUT2D eigenvalue weighted by Crippen LogP contribution is 2.35. The van der Waals surface area contributed by atoms with Crippen molar-refractivity contribution in [1.29, 1.82) is 0 Å². The van der Waals surface area contributed by atoms with Crippen LogP contribution in [0.5, 0.6) is 0 Å². The Morgan fingerprint density at radius 1 is 1.33 bits per heavy atom. The van der Waals surface area contributed by atoms with E-state index in [0.29, 0.717) is 18.2 Å². The Morgan fingerprint density at radius 2 is 2.07 bits per heavy atom. The molecule has 1 aliphatic heterocycles. The predicted octanol–water partition coefficient (Wildman–Crippen LogP) is 0.304. The van der Waals surface area contributed by atoms with Gasteiger partial charge < -0.3 is 5.11 Å². The molecule has 4 nitrogen and oxygen atoms in total. The molecule has 0 aromatic heterocycles. The van der Waals surface area contributed by atoms with Gasteiger partial charge in [0, 0.05) is 28.9 Å². The minimum Gasteiger partial charge on any atom is -0.480 e. The Balaban J connectivity index is 2.00. The Kier molecular flexibility index (Phi) is 3.41. The minimum absolute atomic E-state index is 0.319. The van der Waals surface area contributed by atoms with Gasteiger partial charge in [0.1, 0.15) is 6.04 Å². The van der Waals surface area contributed by atoms with Crippen LogP contribution >= 0.6 is 0 Å². The van der Waals surface area contributed by atoms with E-state index in [2.05, 4.69) is 0 Å². The average Bonchev–Trinajstić information content (AvgIpc) is 2.96. The second-order valence-electron chi connectivity index (χ2n) is 4.36. The Morgan fingerprint density at radius 3 is 2.67 bits per heavy atom. The van der Waals surface area contributed by atoms with E-state index in [1.807, 2.05) is 4.90 Å². The maximum Gasteiger partial charge on any atom is 0.321 e. The first-order chi connectivity index (χ1) is 7.18. The quantitative estimate of drug-likeness (QED) is 0.759. The van der Waals surface area contributed by atoms with E-state index in [1.54, 1.807) is 0 Å². The van der Waals surface area contributed by atoms with Crippen molar-refractivity contribution in [2.24, 2.45) is 5.92 Å². The number of carbonyl (C=O) groups is 1. The van der Waals surface area contributed by atoms with Gasteiger partial charge in [-0.25, -0.2) is 0 Å². The normalized spacial score (nSPS) is 30.8. The van der Waals surface area contributed by atoms with E-state index in [9.17, 15) is 14.1 Å². The van der Waals surface area contributed by atoms with Crippen molar-refractivity contribution in [2.75, 3.05) is 24.6 Å². The van der Waals surface area contributed by atoms with Gasteiger partial charge in [-0.05, 0) is 31.7 Å². The largest absolute Gasteiger partial charge is 0.480 e. The third-order valence-corrected chi connectivity index (χ3v) is 4.52. The molecule has 2 atom stereocenters. The lowest BCUT2D eigenvalue weighted by Crippen LogP contribution is -2.44. The van der Waals surface area contributed by atoms with Crippen LogP contribution in [-0.2, 0) is 15.6 Å². The minimum atomic E-state index is -0.735. The average molecular weight is 231 g/mol. The SMILES string of the molecule is O=C(O)C(C1CC1)N1CCCS(=O)CC1. The zero-order valence-corrected chi connectivity index (χ0v) is 9.54. The summed E-state index contributed by atoms with van der Waals surface area (Å²) in [6.07, 6.45) is 2.94. The Bertz CT molecular complexity index is 278. The van der Waals surface area contributed by atoms with Gasteiger partial charge in [0.15, 0.2) is 0 Å².